The van der Waals surface area contributed by atoms with E-state index >= 15 is 0 Å². The predicted octanol–water partition coefficient (Wildman–Crippen LogP) is 1.33. The highest BCUT2D eigenvalue weighted by Crippen LogP contribution is 2.21. The minimum Gasteiger partial charge on any atom is -0.491 e. The molecule has 1 aromatic rings. The van der Waals surface area contributed by atoms with Crippen molar-refractivity contribution in [1.82, 2.24) is 0 Å². The Morgan fingerprint density at radius 2 is 1.94 bits per heavy atom. The molecule has 0 saturated heterocycles. The van der Waals surface area contributed by atoms with Gasteiger partial charge in [0.05, 0.1) is 19.3 Å². The van der Waals surface area contributed by atoms with Crippen molar-refractivity contribution in [3.8, 4) is 5.75 Å². The summed E-state index contributed by atoms with van der Waals surface area (Å²) in [4.78, 5) is 11.3. The van der Waals surface area contributed by atoms with E-state index in [2.05, 4.69) is 4.74 Å². The van der Waals surface area contributed by atoms with E-state index in [1.54, 1.807) is 19.2 Å². The minimum atomic E-state index is -0.445. The lowest BCUT2D eigenvalue weighted by Crippen LogP contribution is -2.06. The third-order valence-corrected chi connectivity index (χ3v) is 2.07. The van der Waals surface area contributed by atoms with Gasteiger partial charge in [-0.05, 0) is 18.2 Å². The van der Waals surface area contributed by atoms with Gasteiger partial charge in [-0.15, -0.1) is 0 Å². The smallest absolute Gasteiger partial charge is 0.338 e. The number of hydrogen-bond acceptors (Lipinski definition) is 4. The molecule has 5 nitrogen and oxygen atoms in total. The van der Waals surface area contributed by atoms with Crippen LogP contribution in [-0.2, 0) is 9.47 Å². The summed E-state index contributed by atoms with van der Waals surface area (Å²) in [5.41, 5.74) is 0.363. The number of methoxy groups -OCH3 is 2. The number of carbonyl (C=O) groups excluding carboxylic acids is 1. The molecule has 1 aromatic carbocycles. The highest BCUT2D eigenvalue weighted by Gasteiger charge is 2.08. The van der Waals surface area contributed by atoms with Crippen LogP contribution >= 0.6 is 11.6 Å². The largest absolute Gasteiger partial charge is 0.491 e. The van der Waals surface area contributed by atoms with Gasteiger partial charge in [0.2, 0.25) is 0 Å². The molecule has 0 aromatic heterocycles. The number of hydrogen-bond donors (Lipinski definition) is 0. The zero-order chi connectivity index (χ0) is 12.0. The third-order valence-electron chi connectivity index (χ3n) is 1.85. The van der Waals surface area contributed by atoms with E-state index < -0.39 is 5.97 Å². The van der Waals surface area contributed by atoms with Gasteiger partial charge in [0, 0.05) is 12.1 Å². The molecule has 0 aliphatic heterocycles. The number of esters is 1. The van der Waals surface area contributed by atoms with Gasteiger partial charge in [0.15, 0.2) is 0 Å². The summed E-state index contributed by atoms with van der Waals surface area (Å²) in [5.74, 6) is 0.0732. The van der Waals surface area contributed by atoms with Crippen LogP contribution in [0.4, 0.5) is 0 Å². The maximum Gasteiger partial charge on any atom is 0.338 e. The zero-order valence-electron chi connectivity index (χ0n) is 9.66. The van der Waals surface area contributed by atoms with Crippen molar-refractivity contribution in [2.75, 3.05) is 27.4 Å². The molecule has 0 aliphatic rings. The molecule has 0 spiro atoms. The van der Waals surface area contributed by atoms with Gasteiger partial charge in [-0.3, -0.25) is 0 Å². The van der Waals surface area contributed by atoms with Gasteiger partial charge in [0.1, 0.15) is 12.4 Å². The Kier molecular flexibility index (Phi) is 7.29. The molecule has 0 heterocycles. The van der Waals surface area contributed by atoms with Crippen LogP contribution < -0.4 is 4.74 Å². The summed E-state index contributed by atoms with van der Waals surface area (Å²) in [7, 11) is 2.90. The van der Waals surface area contributed by atoms with Crippen LogP contribution in [0, 0.1) is 0 Å². The van der Waals surface area contributed by atoms with E-state index in [-0.39, 0.29) is 5.48 Å². The first-order chi connectivity index (χ1) is 7.67. The van der Waals surface area contributed by atoms with Gasteiger partial charge in [-0.2, -0.15) is 0 Å². The van der Waals surface area contributed by atoms with Gasteiger partial charge >= 0.3 is 5.97 Å². The van der Waals surface area contributed by atoms with Crippen molar-refractivity contribution in [2.45, 2.75) is 0 Å². The molecule has 2 N–H and O–H groups in total. The molecule has 0 saturated carbocycles. The first-order valence-electron chi connectivity index (χ1n) is 4.68. The second-order valence-electron chi connectivity index (χ2n) is 3.01. The van der Waals surface area contributed by atoms with E-state index in [1.807, 2.05) is 0 Å². The van der Waals surface area contributed by atoms with Gasteiger partial charge in [-0.25, -0.2) is 4.79 Å². The number of carbonyl (C=O) groups is 1. The summed E-state index contributed by atoms with van der Waals surface area (Å²) in [6, 6.07) is 4.73. The van der Waals surface area contributed by atoms with Crippen molar-refractivity contribution >= 4 is 17.6 Å². The Morgan fingerprint density at radius 3 is 2.53 bits per heavy atom. The molecule has 0 atom stereocenters. The average molecular weight is 263 g/mol. The molecule has 96 valence electrons. The first kappa shape index (κ1) is 15.7. The second-order valence-corrected chi connectivity index (χ2v) is 3.44. The van der Waals surface area contributed by atoms with Crippen molar-refractivity contribution in [3.05, 3.63) is 28.8 Å². The van der Waals surface area contributed by atoms with Crippen molar-refractivity contribution in [3.63, 3.8) is 0 Å². The summed E-state index contributed by atoms with van der Waals surface area (Å²) in [5, 5.41) is 0.426. The van der Waals surface area contributed by atoms with Crippen molar-refractivity contribution in [1.29, 1.82) is 0 Å². The maximum atomic E-state index is 11.3. The molecular weight excluding hydrogens is 248 g/mol. The molecule has 17 heavy (non-hydrogen) atoms. The van der Waals surface area contributed by atoms with Crippen LogP contribution in [0.5, 0.6) is 5.75 Å². The molecule has 0 bridgehead atoms. The first-order valence-corrected chi connectivity index (χ1v) is 5.06. The van der Waals surface area contributed by atoms with Crippen LogP contribution in [0.1, 0.15) is 10.4 Å². The lowest BCUT2D eigenvalue weighted by atomic mass is 10.2. The monoisotopic (exact) mass is 262 g/mol. The van der Waals surface area contributed by atoms with Crippen molar-refractivity contribution < 1.29 is 24.5 Å². The molecule has 0 amide bonds. The predicted molar refractivity (Wildman–Crippen MR) is 63.8 cm³/mol. The number of halogens is 1. The van der Waals surface area contributed by atoms with Crippen LogP contribution in [-0.4, -0.2) is 38.9 Å². The number of ether oxygens (including phenoxy) is 3. The second kappa shape index (κ2) is 7.89. The SMILES string of the molecule is COCCOc1cc(Cl)cc(C(=O)OC)c1.O. The highest BCUT2D eigenvalue weighted by atomic mass is 35.5. The Hall–Kier alpha value is -1.30. The van der Waals surface area contributed by atoms with Crippen LogP contribution in [0.25, 0.3) is 0 Å². The average Bonchev–Trinajstić information content (AvgIpc) is 2.27. The van der Waals surface area contributed by atoms with Gasteiger partial charge in [-0.1, -0.05) is 11.6 Å². The molecule has 0 fully saturated rings. The van der Waals surface area contributed by atoms with E-state index in [0.717, 1.165) is 0 Å². The lowest BCUT2D eigenvalue weighted by Gasteiger charge is -2.07. The van der Waals surface area contributed by atoms with Gasteiger partial charge in [0.25, 0.3) is 0 Å². The molecule has 1 rings (SSSR count). The maximum absolute atomic E-state index is 11.3. The minimum absolute atomic E-state index is 0. The summed E-state index contributed by atoms with van der Waals surface area (Å²) in [6.07, 6.45) is 0. The summed E-state index contributed by atoms with van der Waals surface area (Å²) < 4.78 is 14.8. The fraction of sp³-hybridized carbons (Fsp3) is 0.364. The Bertz CT molecular complexity index is 367. The molecular formula is C11H15ClO5. The topological polar surface area (TPSA) is 76.3 Å². The van der Waals surface area contributed by atoms with Crippen LogP contribution in [0.15, 0.2) is 18.2 Å². The van der Waals surface area contributed by atoms with Gasteiger partial charge < -0.3 is 19.7 Å². The molecule has 6 heteroatoms. The van der Waals surface area contributed by atoms with E-state index in [0.29, 0.717) is 29.5 Å². The van der Waals surface area contributed by atoms with Crippen LogP contribution in [0.2, 0.25) is 5.02 Å². The van der Waals surface area contributed by atoms with E-state index in [1.165, 1.54) is 13.2 Å². The molecule has 0 unspecified atom stereocenters. The van der Waals surface area contributed by atoms with Crippen molar-refractivity contribution in [2.24, 2.45) is 0 Å². The fourth-order valence-corrected chi connectivity index (χ4v) is 1.35. The summed E-state index contributed by atoms with van der Waals surface area (Å²) in [6.45, 7) is 0.873. The van der Waals surface area contributed by atoms with E-state index in [4.69, 9.17) is 21.1 Å². The standard InChI is InChI=1S/C11H13ClO4.H2O/c1-14-3-4-16-10-6-8(11(13)15-2)5-9(12)7-10;/h5-7H,3-4H2,1-2H3;1H2. The molecule has 0 radical (unpaired) electrons. The Labute approximate surface area is 105 Å². The summed E-state index contributed by atoms with van der Waals surface area (Å²) >= 11 is 5.84. The quantitative estimate of drug-likeness (QED) is 0.592. The number of rotatable bonds is 5. The highest BCUT2D eigenvalue weighted by molar-refractivity contribution is 6.31. The zero-order valence-corrected chi connectivity index (χ0v) is 10.4. The Morgan fingerprint density at radius 1 is 1.24 bits per heavy atom. The Balaban J connectivity index is 0.00000256. The van der Waals surface area contributed by atoms with E-state index in [9.17, 15) is 4.79 Å². The fourth-order valence-electron chi connectivity index (χ4n) is 1.12. The lowest BCUT2D eigenvalue weighted by molar-refractivity contribution is 0.0600. The normalized spacial score (nSPS) is 9.35. The molecule has 0 aliphatic carbocycles. The number of benzene rings is 1. The third kappa shape index (κ3) is 5.04. The van der Waals surface area contributed by atoms with Crippen LogP contribution in [0.3, 0.4) is 0 Å².